The van der Waals surface area contributed by atoms with Crippen LogP contribution in [0, 0.1) is 0 Å². The fraction of sp³-hybridized carbons (Fsp3) is 0.300. The van der Waals surface area contributed by atoms with Crippen molar-refractivity contribution in [3.8, 4) is 11.5 Å². The van der Waals surface area contributed by atoms with E-state index in [1.807, 2.05) is 24.3 Å². The van der Waals surface area contributed by atoms with Gasteiger partial charge in [-0.05, 0) is 48.2 Å². The van der Waals surface area contributed by atoms with E-state index in [1.54, 1.807) is 0 Å². The van der Waals surface area contributed by atoms with Gasteiger partial charge in [0.25, 0.3) is 0 Å². The van der Waals surface area contributed by atoms with E-state index in [2.05, 4.69) is 50.3 Å². The van der Waals surface area contributed by atoms with Crippen LogP contribution in [-0.4, -0.2) is 13.2 Å². The van der Waals surface area contributed by atoms with Gasteiger partial charge >= 0.3 is 0 Å². The summed E-state index contributed by atoms with van der Waals surface area (Å²) in [5.41, 5.74) is 2.27. The van der Waals surface area contributed by atoms with E-state index in [0.29, 0.717) is 0 Å². The molecule has 2 aromatic carbocycles. The highest BCUT2D eigenvalue weighted by Gasteiger charge is 1.96. The lowest BCUT2D eigenvalue weighted by Crippen LogP contribution is -1.94. The molecule has 0 aliphatic carbocycles. The Morgan fingerprint density at radius 1 is 0.727 bits per heavy atom. The van der Waals surface area contributed by atoms with Gasteiger partial charge in [0.1, 0.15) is 11.5 Å². The van der Waals surface area contributed by atoms with Crippen LogP contribution in [0.2, 0.25) is 0 Å². The summed E-state index contributed by atoms with van der Waals surface area (Å²) in [4.78, 5) is 0. The van der Waals surface area contributed by atoms with Crippen molar-refractivity contribution in [2.24, 2.45) is 0 Å². The summed E-state index contributed by atoms with van der Waals surface area (Å²) in [7, 11) is 0. The van der Waals surface area contributed by atoms with Crippen molar-refractivity contribution in [2.75, 3.05) is 13.2 Å². The number of hydrogen-bond donors (Lipinski definition) is 0. The summed E-state index contributed by atoms with van der Waals surface area (Å²) in [5.74, 6) is 1.84. The first-order valence-corrected chi connectivity index (χ1v) is 7.95. The van der Waals surface area contributed by atoms with Gasteiger partial charge in [-0.1, -0.05) is 50.3 Å². The lowest BCUT2D eigenvalue weighted by molar-refractivity contribution is 0.317. The third-order valence-electron chi connectivity index (χ3n) is 3.13. The third-order valence-corrected chi connectivity index (χ3v) is 3.13. The van der Waals surface area contributed by atoms with Crippen LogP contribution in [0.25, 0.3) is 12.2 Å². The SMILES string of the molecule is CCCOc1cccc(/C=C/c2cccc(OCCC)c2)c1. The minimum Gasteiger partial charge on any atom is -0.494 e. The number of hydrogen-bond acceptors (Lipinski definition) is 2. The average molecular weight is 296 g/mol. The number of benzene rings is 2. The van der Waals surface area contributed by atoms with Crippen molar-refractivity contribution in [1.29, 1.82) is 0 Å². The molecule has 0 atom stereocenters. The van der Waals surface area contributed by atoms with Gasteiger partial charge in [-0.15, -0.1) is 0 Å². The maximum atomic E-state index is 5.66. The highest BCUT2D eigenvalue weighted by atomic mass is 16.5. The summed E-state index contributed by atoms with van der Waals surface area (Å²) in [6, 6.07) is 16.3. The zero-order valence-electron chi connectivity index (χ0n) is 13.4. The Hall–Kier alpha value is -2.22. The van der Waals surface area contributed by atoms with Gasteiger partial charge in [0, 0.05) is 0 Å². The fourth-order valence-electron chi connectivity index (χ4n) is 2.05. The predicted octanol–water partition coefficient (Wildman–Crippen LogP) is 5.43. The smallest absolute Gasteiger partial charge is 0.119 e. The van der Waals surface area contributed by atoms with Crippen LogP contribution >= 0.6 is 0 Å². The molecule has 0 heterocycles. The molecule has 22 heavy (non-hydrogen) atoms. The second kappa shape index (κ2) is 8.93. The van der Waals surface area contributed by atoms with Gasteiger partial charge < -0.3 is 9.47 Å². The molecule has 2 rings (SSSR count). The molecular formula is C20H24O2. The van der Waals surface area contributed by atoms with E-state index in [9.17, 15) is 0 Å². The van der Waals surface area contributed by atoms with Crippen LogP contribution in [0.5, 0.6) is 11.5 Å². The molecule has 0 saturated carbocycles. The summed E-state index contributed by atoms with van der Waals surface area (Å²) < 4.78 is 11.3. The molecule has 0 amide bonds. The normalized spacial score (nSPS) is 10.8. The zero-order valence-corrected chi connectivity index (χ0v) is 13.4. The third kappa shape index (κ3) is 5.28. The molecule has 0 aromatic heterocycles. The van der Waals surface area contributed by atoms with Gasteiger partial charge in [-0.3, -0.25) is 0 Å². The quantitative estimate of drug-likeness (QED) is 0.604. The number of rotatable bonds is 8. The summed E-state index contributed by atoms with van der Waals surface area (Å²) in [6.07, 6.45) is 6.23. The molecule has 0 saturated heterocycles. The molecule has 0 bridgehead atoms. The molecule has 0 aliphatic rings. The molecule has 2 nitrogen and oxygen atoms in total. The standard InChI is InChI=1S/C20H24O2/c1-3-13-21-19-9-5-7-17(15-19)11-12-18-8-6-10-20(16-18)22-14-4-2/h5-12,15-16H,3-4,13-14H2,1-2H3/b12-11+. The monoisotopic (exact) mass is 296 g/mol. The molecule has 0 radical (unpaired) electrons. The molecule has 116 valence electrons. The Morgan fingerprint density at radius 2 is 1.18 bits per heavy atom. The number of ether oxygens (including phenoxy) is 2. The van der Waals surface area contributed by atoms with Crippen molar-refractivity contribution >= 4 is 12.2 Å². The van der Waals surface area contributed by atoms with Crippen molar-refractivity contribution in [1.82, 2.24) is 0 Å². The van der Waals surface area contributed by atoms with Crippen LogP contribution in [0.15, 0.2) is 48.5 Å². The van der Waals surface area contributed by atoms with Crippen LogP contribution in [0.1, 0.15) is 37.8 Å². The molecule has 0 fully saturated rings. The largest absolute Gasteiger partial charge is 0.494 e. The van der Waals surface area contributed by atoms with Crippen LogP contribution in [-0.2, 0) is 0 Å². The topological polar surface area (TPSA) is 18.5 Å². The average Bonchev–Trinajstić information content (AvgIpc) is 2.57. The van der Waals surface area contributed by atoms with Gasteiger partial charge in [-0.2, -0.15) is 0 Å². The highest BCUT2D eigenvalue weighted by molar-refractivity contribution is 5.70. The summed E-state index contributed by atoms with van der Waals surface area (Å²) >= 11 is 0. The Morgan fingerprint density at radius 3 is 1.59 bits per heavy atom. The Labute approximate surface area is 133 Å². The zero-order chi connectivity index (χ0) is 15.6. The van der Waals surface area contributed by atoms with Gasteiger partial charge in [0.15, 0.2) is 0 Å². The Kier molecular flexibility index (Phi) is 6.56. The predicted molar refractivity (Wildman–Crippen MR) is 93.4 cm³/mol. The summed E-state index contributed by atoms with van der Waals surface area (Å²) in [5, 5.41) is 0. The lowest BCUT2D eigenvalue weighted by atomic mass is 10.1. The maximum Gasteiger partial charge on any atom is 0.119 e. The molecule has 0 unspecified atom stereocenters. The van der Waals surface area contributed by atoms with E-state index in [4.69, 9.17) is 9.47 Å². The van der Waals surface area contributed by atoms with Gasteiger partial charge in [0.05, 0.1) is 13.2 Å². The van der Waals surface area contributed by atoms with Crippen molar-refractivity contribution < 1.29 is 9.47 Å². The van der Waals surface area contributed by atoms with Crippen molar-refractivity contribution in [2.45, 2.75) is 26.7 Å². The lowest BCUT2D eigenvalue weighted by Gasteiger charge is -2.05. The Bertz CT molecular complexity index is 549. The van der Waals surface area contributed by atoms with E-state index >= 15 is 0 Å². The second-order valence-corrected chi connectivity index (χ2v) is 5.18. The maximum absolute atomic E-state index is 5.66. The first kappa shape index (κ1) is 16.2. The summed E-state index contributed by atoms with van der Waals surface area (Å²) in [6.45, 7) is 5.72. The molecule has 0 aliphatic heterocycles. The molecule has 2 heteroatoms. The second-order valence-electron chi connectivity index (χ2n) is 5.18. The van der Waals surface area contributed by atoms with Crippen molar-refractivity contribution in [3.63, 3.8) is 0 Å². The van der Waals surface area contributed by atoms with E-state index in [0.717, 1.165) is 48.7 Å². The minimum absolute atomic E-state index is 0.754. The van der Waals surface area contributed by atoms with Crippen LogP contribution < -0.4 is 9.47 Å². The van der Waals surface area contributed by atoms with Crippen LogP contribution in [0.3, 0.4) is 0 Å². The molecular weight excluding hydrogens is 272 g/mol. The van der Waals surface area contributed by atoms with Gasteiger partial charge in [-0.25, -0.2) is 0 Å². The van der Waals surface area contributed by atoms with E-state index in [1.165, 1.54) is 0 Å². The van der Waals surface area contributed by atoms with E-state index in [-0.39, 0.29) is 0 Å². The first-order valence-electron chi connectivity index (χ1n) is 7.95. The van der Waals surface area contributed by atoms with Gasteiger partial charge in [0.2, 0.25) is 0 Å². The molecule has 0 spiro atoms. The minimum atomic E-state index is 0.754. The first-order chi connectivity index (χ1) is 10.8. The fourth-order valence-corrected chi connectivity index (χ4v) is 2.05. The highest BCUT2D eigenvalue weighted by Crippen LogP contribution is 2.18. The van der Waals surface area contributed by atoms with E-state index < -0.39 is 0 Å². The molecule has 2 aromatic rings. The van der Waals surface area contributed by atoms with Crippen LogP contribution in [0.4, 0.5) is 0 Å². The Balaban J connectivity index is 2.04. The molecule has 0 N–H and O–H groups in total. The van der Waals surface area contributed by atoms with Crippen molar-refractivity contribution in [3.05, 3.63) is 59.7 Å².